The maximum Gasteiger partial charge on any atom is 0.119 e. The molecule has 1 aliphatic rings. The molecule has 2 nitrogen and oxygen atoms in total. The average molecular weight is 286 g/mol. The minimum absolute atomic E-state index is 0. The molecular formula is C13H20BrNO. The highest BCUT2D eigenvalue weighted by Gasteiger charge is 2.34. The average Bonchev–Trinajstić information content (AvgIpc) is 2.30. The molecule has 0 radical (unpaired) electrons. The lowest BCUT2D eigenvalue weighted by atomic mass is 9.69. The van der Waals surface area contributed by atoms with E-state index in [2.05, 4.69) is 0 Å². The molecule has 1 aliphatic carbocycles. The number of rotatable bonds is 2. The number of halogens is 1. The van der Waals surface area contributed by atoms with Gasteiger partial charge in [0.25, 0.3) is 0 Å². The molecule has 0 saturated heterocycles. The first kappa shape index (κ1) is 13.5. The van der Waals surface area contributed by atoms with Crippen molar-refractivity contribution in [3.8, 4) is 5.75 Å². The van der Waals surface area contributed by atoms with Crippen molar-refractivity contribution in [1.82, 2.24) is 0 Å². The second-order valence-corrected chi connectivity index (χ2v) is 4.56. The van der Waals surface area contributed by atoms with Gasteiger partial charge >= 0.3 is 0 Å². The van der Waals surface area contributed by atoms with Gasteiger partial charge in [-0.1, -0.05) is 37.5 Å². The largest absolute Gasteiger partial charge is 0.508 e. The Morgan fingerprint density at radius 2 is 1.75 bits per heavy atom. The van der Waals surface area contributed by atoms with Crippen LogP contribution in [0.25, 0.3) is 0 Å². The van der Waals surface area contributed by atoms with E-state index in [1.165, 1.54) is 19.3 Å². The van der Waals surface area contributed by atoms with Gasteiger partial charge in [-0.15, -0.1) is 17.0 Å². The summed E-state index contributed by atoms with van der Waals surface area (Å²) in [6.45, 7) is 0.643. The molecule has 0 aromatic heterocycles. The van der Waals surface area contributed by atoms with Crippen molar-refractivity contribution in [2.24, 2.45) is 5.73 Å². The number of benzene rings is 1. The fourth-order valence-corrected chi connectivity index (χ4v) is 2.73. The van der Waals surface area contributed by atoms with Crippen molar-refractivity contribution in [2.45, 2.75) is 37.5 Å². The summed E-state index contributed by atoms with van der Waals surface area (Å²) in [5, 5.41) is 9.90. The van der Waals surface area contributed by atoms with Gasteiger partial charge in [0.1, 0.15) is 5.75 Å². The fraction of sp³-hybridized carbons (Fsp3) is 0.538. The number of hydrogen-bond acceptors (Lipinski definition) is 2. The molecule has 3 N–H and O–H groups in total. The van der Waals surface area contributed by atoms with E-state index < -0.39 is 0 Å². The van der Waals surface area contributed by atoms with E-state index in [1.807, 2.05) is 18.2 Å². The number of phenols is 1. The Kier molecular flexibility index (Phi) is 4.81. The van der Waals surface area contributed by atoms with Crippen LogP contribution in [-0.2, 0) is 5.41 Å². The maximum absolute atomic E-state index is 9.90. The Morgan fingerprint density at radius 1 is 1.12 bits per heavy atom. The molecule has 16 heavy (non-hydrogen) atoms. The van der Waals surface area contributed by atoms with Crippen LogP contribution in [0.15, 0.2) is 24.3 Å². The van der Waals surface area contributed by atoms with Gasteiger partial charge in [-0.05, 0) is 18.9 Å². The molecule has 1 saturated carbocycles. The van der Waals surface area contributed by atoms with Crippen LogP contribution in [0.1, 0.15) is 37.7 Å². The normalized spacial score (nSPS) is 18.8. The minimum Gasteiger partial charge on any atom is -0.508 e. The van der Waals surface area contributed by atoms with Gasteiger partial charge in [-0.2, -0.15) is 0 Å². The smallest absolute Gasteiger partial charge is 0.119 e. The number of phenolic OH excluding ortho intramolecular Hbond substituents is 1. The zero-order chi connectivity index (χ0) is 10.7. The van der Waals surface area contributed by atoms with Crippen molar-refractivity contribution in [3.05, 3.63) is 29.8 Å². The van der Waals surface area contributed by atoms with Crippen LogP contribution < -0.4 is 5.73 Å². The van der Waals surface area contributed by atoms with Crippen molar-refractivity contribution in [3.63, 3.8) is 0 Å². The molecule has 0 aliphatic heterocycles. The van der Waals surface area contributed by atoms with Crippen LogP contribution in [0.2, 0.25) is 0 Å². The molecule has 3 heteroatoms. The maximum atomic E-state index is 9.90. The SMILES string of the molecule is Br.NCC1(c2ccccc2O)CCCCC1. The van der Waals surface area contributed by atoms with E-state index in [1.54, 1.807) is 6.07 Å². The van der Waals surface area contributed by atoms with Crippen LogP contribution >= 0.6 is 17.0 Å². The zero-order valence-corrected chi connectivity index (χ0v) is 11.2. The molecule has 90 valence electrons. The van der Waals surface area contributed by atoms with Gasteiger partial charge in [0, 0.05) is 17.5 Å². The summed E-state index contributed by atoms with van der Waals surface area (Å²) >= 11 is 0. The van der Waals surface area contributed by atoms with Crippen LogP contribution in [0.5, 0.6) is 5.75 Å². The molecular weight excluding hydrogens is 266 g/mol. The Balaban J connectivity index is 0.00000128. The second-order valence-electron chi connectivity index (χ2n) is 4.56. The number of para-hydroxylation sites is 1. The first-order valence-corrected chi connectivity index (χ1v) is 5.77. The first-order valence-electron chi connectivity index (χ1n) is 5.77. The molecule has 0 unspecified atom stereocenters. The Bertz CT molecular complexity index is 334. The van der Waals surface area contributed by atoms with Crippen molar-refractivity contribution < 1.29 is 5.11 Å². The standard InChI is InChI=1S/C13H19NO.BrH/c14-10-13(8-4-1-5-9-13)11-6-2-3-7-12(11)15;/h2-3,6-7,15H,1,4-5,8-10,14H2;1H. The van der Waals surface area contributed by atoms with Gasteiger partial charge < -0.3 is 10.8 Å². The molecule has 0 bridgehead atoms. The highest BCUT2D eigenvalue weighted by atomic mass is 79.9. The van der Waals surface area contributed by atoms with Crippen LogP contribution in [0, 0.1) is 0 Å². The van der Waals surface area contributed by atoms with Crippen molar-refractivity contribution in [2.75, 3.05) is 6.54 Å². The Hall–Kier alpha value is -0.540. The molecule has 1 aromatic carbocycles. The Morgan fingerprint density at radius 3 is 2.31 bits per heavy atom. The summed E-state index contributed by atoms with van der Waals surface area (Å²) in [6, 6.07) is 7.64. The molecule has 0 atom stereocenters. The van der Waals surface area contributed by atoms with E-state index in [4.69, 9.17) is 5.73 Å². The third kappa shape index (κ3) is 2.41. The number of nitrogens with two attached hydrogens (primary N) is 1. The quantitative estimate of drug-likeness (QED) is 0.877. The number of hydrogen-bond donors (Lipinski definition) is 2. The van der Waals surface area contributed by atoms with Crippen LogP contribution in [0.3, 0.4) is 0 Å². The van der Waals surface area contributed by atoms with E-state index in [-0.39, 0.29) is 22.4 Å². The van der Waals surface area contributed by atoms with Crippen molar-refractivity contribution in [1.29, 1.82) is 0 Å². The zero-order valence-electron chi connectivity index (χ0n) is 9.48. The van der Waals surface area contributed by atoms with Gasteiger partial charge in [0.15, 0.2) is 0 Å². The summed E-state index contributed by atoms with van der Waals surface area (Å²) in [4.78, 5) is 0. The summed E-state index contributed by atoms with van der Waals surface area (Å²) in [6.07, 6.45) is 5.98. The second kappa shape index (κ2) is 5.69. The fourth-order valence-electron chi connectivity index (χ4n) is 2.73. The third-order valence-corrected chi connectivity index (χ3v) is 3.68. The van der Waals surface area contributed by atoms with E-state index in [0.29, 0.717) is 12.3 Å². The highest BCUT2D eigenvalue weighted by Crippen LogP contribution is 2.41. The van der Waals surface area contributed by atoms with Gasteiger partial charge in [0.2, 0.25) is 0 Å². The number of aromatic hydroxyl groups is 1. The van der Waals surface area contributed by atoms with Gasteiger partial charge in [-0.3, -0.25) is 0 Å². The molecule has 1 aromatic rings. The van der Waals surface area contributed by atoms with Gasteiger partial charge in [0.05, 0.1) is 0 Å². The highest BCUT2D eigenvalue weighted by molar-refractivity contribution is 8.93. The van der Waals surface area contributed by atoms with Crippen LogP contribution in [0.4, 0.5) is 0 Å². The molecule has 0 spiro atoms. The predicted molar refractivity (Wildman–Crippen MR) is 72.2 cm³/mol. The van der Waals surface area contributed by atoms with E-state index in [9.17, 15) is 5.11 Å². The lowest BCUT2D eigenvalue weighted by molar-refractivity contribution is 0.291. The Labute approximate surface area is 108 Å². The molecule has 0 heterocycles. The first-order chi connectivity index (χ1) is 7.28. The summed E-state index contributed by atoms with van der Waals surface area (Å²) in [7, 11) is 0. The topological polar surface area (TPSA) is 46.2 Å². The minimum atomic E-state index is 0. The third-order valence-electron chi connectivity index (χ3n) is 3.68. The van der Waals surface area contributed by atoms with Crippen LogP contribution in [-0.4, -0.2) is 11.7 Å². The molecule has 0 amide bonds. The molecule has 1 fully saturated rings. The van der Waals surface area contributed by atoms with E-state index in [0.717, 1.165) is 18.4 Å². The molecule has 2 rings (SSSR count). The summed E-state index contributed by atoms with van der Waals surface area (Å²) in [5.41, 5.74) is 7.01. The lowest BCUT2D eigenvalue weighted by Gasteiger charge is -2.37. The van der Waals surface area contributed by atoms with Crippen molar-refractivity contribution >= 4 is 17.0 Å². The lowest BCUT2D eigenvalue weighted by Crippen LogP contribution is -2.37. The monoisotopic (exact) mass is 285 g/mol. The van der Waals surface area contributed by atoms with Gasteiger partial charge in [-0.25, -0.2) is 0 Å². The van der Waals surface area contributed by atoms with E-state index >= 15 is 0 Å². The predicted octanol–water partition coefficient (Wildman–Crippen LogP) is 3.13. The summed E-state index contributed by atoms with van der Waals surface area (Å²) in [5.74, 6) is 0.407. The summed E-state index contributed by atoms with van der Waals surface area (Å²) < 4.78 is 0.